The van der Waals surface area contributed by atoms with Crippen molar-refractivity contribution in [1.29, 1.82) is 0 Å². The van der Waals surface area contributed by atoms with Gasteiger partial charge in [0.15, 0.2) is 0 Å². The Labute approximate surface area is 140 Å². The fraction of sp³-hybridized carbons (Fsp3) is 0.600. The Kier molecular flexibility index (Phi) is 5.40. The number of hydrogen-bond donors (Lipinski definition) is 0. The summed E-state index contributed by atoms with van der Waals surface area (Å²) in [5.74, 6) is 1.25. The number of piperidine rings is 1. The van der Waals surface area contributed by atoms with Crippen LogP contribution in [0.3, 0.4) is 0 Å². The van der Waals surface area contributed by atoms with Gasteiger partial charge in [-0.15, -0.1) is 11.6 Å². The van der Waals surface area contributed by atoms with Crippen molar-refractivity contribution in [2.24, 2.45) is 11.8 Å². The highest BCUT2D eigenvalue weighted by Crippen LogP contribution is 2.33. The summed E-state index contributed by atoms with van der Waals surface area (Å²) in [7, 11) is -3.48. The molecule has 1 aliphatic rings. The highest BCUT2D eigenvalue weighted by molar-refractivity contribution is 9.10. The van der Waals surface area contributed by atoms with Gasteiger partial charge >= 0.3 is 0 Å². The van der Waals surface area contributed by atoms with Gasteiger partial charge in [-0.25, -0.2) is 8.42 Å². The normalized spacial score (nSPS) is 24.2. The van der Waals surface area contributed by atoms with E-state index in [0.29, 0.717) is 40.2 Å². The van der Waals surface area contributed by atoms with Gasteiger partial charge < -0.3 is 0 Å². The lowest BCUT2D eigenvalue weighted by molar-refractivity contribution is 0.212. The van der Waals surface area contributed by atoms with Crippen LogP contribution in [0, 0.1) is 18.8 Å². The molecule has 118 valence electrons. The van der Waals surface area contributed by atoms with E-state index in [0.717, 1.165) is 17.5 Å². The Bertz CT molecular complexity index is 633. The van der Waals surface area contributed by atoms with Crippen molar-refractivity contribution >= 4 is 37.6 Å². The van der Waals surface area contributed by atoms with Crippen LogP contribution < -0.4 is 0 Å². The van der Waals surface area contributed by atoms with Crippen molar-refractivity contribution < 1.29 is 8.42 Å². The quantitative estimate of drug-likeness (QED) is 0.722. The van der Waals surface area contributed by atoms with Crippen molar-refractivity contribution in [2.45, 2.75) is 38.0 Å². The third-order valence-electron chi connectivity index (χ3n) is 4.35. The van der Waals surface area contributed by atoms with Crippen molar-refractivity contribution in [3.8, 4) is 0 Å². The minimum absolute atomic E-state index is 0.310. The van der Waals surface area contributed by atoms with Crippen LogP contribution >= 0.6 is 27.5 Å². The molecule has 0 amide bonds. The van der Waals surface area contributed by atoms with Crippen LogP contribution in [0.15, 0.2) is 21.5 Å². The number of rotatable bonds is 3. The van der Waals surface area contributed by atoms with Crippen LogP contribution in [0.25, 0.3) is 0 Å². The number of aryl methyl sites for hydroxylation is 1. The fourth-order valence-corrected chi connectivity index (χ4v) is 5.40. The molecule has 3 nitrogen and oxygen atoms in total. The molecular weight excluding hydrogens is 374 g/mol. The lowest BCUT2D eigenvalue weighted by atomic mass is 9.90. The summed E-state index contributed by atoms with van der Waals surface area (Å²) in [6.07, 6.45) is 0.909. The largest absolute Gasteiger partial charge is 0.244 e. The van der Waals surface area contributed by atoms with E-state index >= 15 is 0 Å². The molecule has 1 heterocycles. The van der Waals surface area contributed by atoms with E-state index in [9.17, 15) is 8.42 Å². The maximum Gasteiger partial charge on any atom is 0.244 e. The predicted molar refractivity (Wildman–Crippen MR) is 90.1 cm³/mol. The van der Waals surface area contributed by atoms with Crippen molar-refractivity contribution in [2.75, 3.05) is 13.1 Å². The van der Waals surface area contributed by atoms with E-state index in [-0.39, 0.29) is 0 Å². The minimum atomic E-state index is -3.48. The summed E-state index contributed by atoms with van der Waals surface area (Å²) in [6.45, 7) is 7.36. The minimum Gasteiger partial charge on any atom is -0.207 e. The molecule has 0 N–H and O–H groups in total. The van der Waals surface area contributed by atoms with Crippen LogP contribution in [0.4, 0.5) is 0 Å². The second kappa shape index (κ2) is 6.57. The van der Waals surface area contributed by atoms with Crippen molar-refractivity contribution in [3.63, 3.8) is 0 Å². The molecule has 1 aliphatic heterocycles. The zero-order valence-electron chi connectivity index (χ0n) is 12.6. The SMILES string of the molecule is Cc1cc(CCl)cc(S(=O)(=O)N2CCC(C)C(C)C2)c1Br. The molecule has 0 spiro atoms. The van der Waals surface area contributed by atoms with E-state index in [4.69, 9.17) is 11.6 Å². The summed E-state index contributed by atoms with van der Waals surface area (Å²) in [6, 6.07) is 3.60. The number of hydrogen-bond acceptors (Lipinski definition) is 2. The molecule has 2 rings (SSSR count). The van der Waals surface area contributed by atoms with Crippen LogP contribution in [-0.2, 0) is 15.9 Å². The third-order valence-corrected chi connectivity index (χ3v) is 7.86. The number of benzene rings is 1. The molecule has 0 bridgehead atoms. The second-order valence-corrected chi connectivity index (χ2v) is 8.93. The molecule has 0 saturated carbocycles. The average molecular weight is 395 g/mol. The first kappa shape index (κ1) is 17.3. The fourth-order valence-electron chi connectivity index (χ4n) is 2.66. The molecule has 21 heavy (non-hydrogen) atoms. The van der Waals surface area contributed by atoms with Gasteiger partial charge in [0.05, 0.1) is 4.90 Å². The summed E-state index contributed by atoms with van der Waals surface area (Å²) in [5, 5.41) is 0. The van der Waals surface area contributed by atoms with Gasteiger partial charge in [0.25, 0.3) is 0 Å². The summed E-state index contributed by atoms with van der Waals surface area (Å²) < 4.78 is 28.1. The second-order valence-electron chi connectivity index (χ2n) is 5.96. The Morgan fingerprint density at radius 3 is 2.57 bits per heavy atom. The average Bonchev–Trinajstić information content (AvgIpc) is 2.44. The molecule has 0 aromatic heterocycles. The number of alkyl halides is 1. The lowest BCUT2D eigenvalue weighted by Gasteiger charge is -2.34. The maximum absolute atomic E-state index is 12.9. The van der Waals surface area contributed by atoms with Gasteiger partial charge in [-0.3, -0.25) is 0 Å². The highest BCUT2D eigenvalue weighted by atomic mass is 79.9. The van der Waals surface area contributed by atoms with Gasteiger partial charge in [0.2, 0.25) is 10.0 Å². The first-order valence-electron chi connectivity index (χ1n) is 7.12. The van der Waals surface area contributed by atoms with Crippen LogP contribution in [-0.4, -0.2) is 25.8 Å². The van der Waals surface area contributed by atoms with Gasteiger partial charge in [-0.05, 0) is 58.3 Å². The standard InChI is InChI=1S/C15H21BrClNO2S/c1-10-4-5-18(9-12(10)3)21(19,20)14-7-13(8-17)6-11(2)15(14)16/h6-7,10,12H,4-5,8-9H2,1-3H3. The number of halogens is 2. The van der Waals surface area contributed by atoms with Gasteiger partial charge in [0.1, 0.15) is 0 Å². The van der Waals surface area contributed by atoms with E-state index in [1.165, 1.54) is 0 Å². The maximum atomic E-state index is 12.9. The van der Waals surface area contributed by atoms with Crippen LogP contribution in [0.2, 0.25) is 0 Å². The summed E-state index contributed by atoms with van der Waals surface area (Å²) in [4.78, 5) is 0.333. The van der Waals surface area contributed by atoms with Crippen molar-refractivity contribution in [1.82, 2.24) is 4.31 Å². The number of sulfonamides is 1. The van der Waals surface area contributed by atoms with E-state index in [2.05, 4.69) is 29.8 Å². The topological polar surface area (TPSA) is 37.4 Å². The van der Waals surface area contributed by atoms with Gasteiger partial charge in [-0.1, -0.05) is 19.9 Å². The first-order chi connectivity index (χ1) is 9.77. The van der Waals surface area contributed by atoms with E-state index in [1.807, 2.05) is 13.0 Å². The van der Waals surface area contributed by atoms with Crippen molar-refractivity contribution in [3.05, 3.63) is 27.7 Å². The molecule has 0 radical (unpaired) electrons. The zero-order chi connectivity index (χ0) is 15.8. The Morgan fingerprint density at radius 2 is 2.00 bits per heavy atom. The van der Waals surface area contributed by atoms with Crippen LogP contribution in [0.5, 0.6) is 0 Å². The molecule has 1 saturated heterocycles. The Hall–Kier alpha value is -0.100. The smallest absolute Gasteiger partial charge is 0.207 e. The molecule has 2 atom stereocenters. The molecule has 1 aromatic carbocycles. The lowest BCUT2D eigenvalue weighted by Crippen LogP contribution is -2.42. The highest BCUT2D eigenvalue weighted by Gasteiger charge is 2.33. The molecule has 1 aromatic rings. The first-order valence-corrected chi connectivity index (χ1v) is 9.89. The zero-order valence-corrected chi connectivity index (χ0v) is 15.7. The van der Waals surface area contributed by atoms with E-state index in [1.54, 1.807) is 10.4 Å². The van der Waals surface area contributed by atoms with Gasteiger partial charge in [-0.2, -0.15) is 4.31 Å². The molecule has 0 aliphatic carbocycles. The summed E-state index contributed by atoms with van der Waals surface area (Å²) in [5.41, 5.74) is 1.72. The predicted octanol–water partition coefficient (Wildman–Crippen LogP) is 4.16. The molecule has 1 fully saturated rings. The van der Waals surface area contributed by atoms with Crippen LogP contribution in [0.1, 0.15) is 31.4 Å². The Balaban J connectivity index is 2.42. The summed E-state index contributed by atoms with van der Waals surface area (Å²) >= 11 is 9.30. The third kappa shape index (κ3) is 3.46. The Morgan fingerprint density at radius 1 is 1.33 bits per heavy atom. The number of nitrogens with zero attached hydrogens (tertiary/aromatic N) is 1. The molecule has 2 unspecified atom stereocenters. The molecular formula is C15H21BrClNO2S. The molecule has 6 heteroatoms. The monoisotopic (exact) mass is 393 g/mol. The van der Waals surface area contributed by atoms with E-state index < -0.39 is 10.0 Å². The van der Waals surface area contributed by atoms with Gasteiger partial charge in [0, 0.05) is 23.4 Å².